The molecule has 6 heteroatoms. The molecule has 0 saturated heterocycles. The van der Waals surface area contributed by atoms with Gasteiger partial charge < -0.3 is 6.53 Å². The van der Waals surface area contributed by atoms with Crippen LogP contribution in [-0.4, -0.2) is 24.7 Å². The predicted octanol–water partition coefficient (Wildman–Crippen LogP) is -3.50. The largest absolute Gasteiger partial charge is 1.00 e. The van der Waals surface area contributed by atoms with Crippen molar-refractivity contribution in [1.29, 1.82) is 0 Å². The molecule has 0 unspecified atom stereocenters. The molecular weight excluding hydrogens is 171 g/mol. The Labute approximate surface area is 97.6 Å². The first-order valence-electron chi connectivity index (χ1n) is 1.81. The van der Waals surface area contributed by atoms with Crippen LogP contribution in [0.4, 0.5) is 0 Å². The normalized spacial score (nSPS) is 11.3. The van der Waals surface area contributed by atoms with E-state index in [0.29, 0.717) is 5.41 Å². The molecule has 2 N–H and O–H groups in total. The summed E-state index contributed by atoms with van der Waals surface area (Å²) in [4.78, 5) is 0. The standard InChI is InChI=1S/C3H6O4S.K.H/c4-2-1-3-8(5,6)7;;/h1,3-4H,2H2,(H,5,6,7);;/q;+1;-1. The van der Waals surface area contributed by atoms with Gasteiger partial charge >= 0.3 is 51.4 Å². The van der Waals surface area contributed by atoms with Crippen LogP contribution in [0.5, 0.6) is 0 Å². The zero-order chi connectivity index (χ0) is 6.62. The Bertz CT molecular complexity index is 175. The van der Waals surface area contributed by atoms with E-state index in [2.05, 4.69) is 0 Å². The molecule has 0 aromatic carbocycles. The molecule has 0 aliphatic carbocycles. The summed E-state index contributed by atoms with van der Waals surface area (Å²) in [5, 5.41) is 8.49. The van der Waals surface area contributed by atoms with Crippen molar-refractivity contribution in [2.45, 2.75) is 0 Å². The Hall–Kier alpha value is 1.25. The molecular formula is C3H7KO4S. The minimum atomic E-state index is -4.03. The molecule has 50 valence electrons. The molecule has 0 amide bonds. The van der Waals surface area contributed by atoms with Gasteiger partial charge in [-0.25, -0.2) is 0 Å². The van der Waals surface area contributed by atoms with E-state index in [1.165, 1.54) is 0 Å². The van der Waals surface area contributed by atoms with Crippen LogP contribution in [0.15, 0.2) is 11.5 Å². The number of hydrogen-bond donors (Lipinski definition) is 2. The number of aliphatic hydroxyl groups is 1. The molecule has 9 heavy (non-hydrogen) atoms. The fourth-order valence-electron chi connectivity index (χ4n) is 0.165. The molecule has 0 aromatic rings. The number of rotatable bonds is 2. The average molecular weight is 178 g/mol. The van der Waals surface area contributed by atoms with Gasteiger partial charge in [0.25, 0.3) is 10.1 Å². The van der Waals surface area contributed by atoms with Crippen LogP contribution in [0.25, 0.3) is 0 Å². The molecule has 0 spiro atoms. The summed E-state index contributed by atoms with van der Waals surface area (Å²) in [6, 6.07) is 0. The topological polar surface area (TPSA) is 74.6 Å². The first kappa shape index (κ1) is 12.9. The maximum atomic E-state index is 9.75. The third-order valence-electron chi connectivity index (χ3n) is 0.374. The van der Waals surface area contributed by atoms with E-state index in [1.807, 2.05) is 0 Å². The summed E-state index contributed by atoms with van der Waals surface area (Å²) < 4.78 is 27.4. The first-order valence-corrected chi connectivity index (χ1v) is 3.31. The Morgan fingerprint density at radius 3 is 2.11 bits per heavy atom. The minimum Gasteiger partial charge on any atom is -1.00 e. The van der Waals surface area contributed by atoms with Crippen LogP contribution in [0.3, 0.4) is 0 Å². The third-order valence-corrected chi connectivity index (χ3v) is 0.910. The molecule has 0 aromatic heterocycles. The Morgan fingerprint density at radius 1 is 1.56 bits per heavy atom. The molecule has 0 fully saturated rings. The molecule has 0 bridgehead atoms. The predicted molar refractivity (Wildman–Crippen MR) is 28.9 cm³/mol. The Morgan fingerprint density at radius 2 is 2.00 bits per heavy atom. The zero-order valence-electron chi connectivity index (χ0n) is 5.98. The molecule has 0 atom stereocenters. The van der Waals surface area contributed by atoms with E-state index in [9.17, 15) is 8.42 Å². The van der Waals surface area contributed by atoms with E-state index < -0.39 is 10.1 Å². The number of hydrogen-bond acceptors (Lipinski definition) is 3. The van der Waals surface area contributed by atoms with Crippen molar-refractivity contribution in [3.8, 4) is 0 Å². The van der Waals surface area contributed by atoms with Crippen molar-refractivity contribution in [3.63, 3.8) is 0 Å². The van der Waals surface area contributed by atoms with Crippen molar-refractivity contribution >= 4 is 10.1 Å². The van der Waals surface area contributed by atoms with Crippen LogP contribution in [0, 0.1) is 0 Å². The van der Waals surface area contributed by atoms with E-state index in [-0.39, 0.29) is 59.4 Å². The molecule has 0 heterocycles. The quantitative estimate of drug-likeness (QED) is 0.340. The van der Waals surface area contributed by atoms with Crippen LogP contribution < -0.4 is 51.4 Å². The molecule has 0 rings (SSSR count). The Balaban J connectivity index is -0.000000245. The first-order chi connectivity index (χ1) is 3.56. The van der Waals surface area contributed by atoms with Crippen LogP contribution in [0.2, 0.25) is 0 Å². The zero-order valence-corrected chi connectivity index (χ0v) is 8.92. The average Bonchev–Trinajstić information content (AvgIpc) is 1.59. The molecule has 0 aliphatic heterocycles. The van der Waals surface area contributed by atoms with Crippen molar-refractivity contribution in [3.05, 3.63) is 11.5 Å². The van der Waals surface area contributed by atoms with Gasteiger partial charge in [0.15, 0.2) is 0 Å². The summed E-state index contributed by atoms with van der Waals surface area (Å²) >= 11 is 0. The SMILES string of the molecule is O=S(=O)(O)C=CCO.[H-].[K+]. The van der Waals surface area contributed by atoms with Gasteiger partial charge in [0.05, 0.1) is 12.0 Å². The fraction of sp³-hybridized carbons (Fsp3) is 0.333. The van der Waals surface area contributed by atoms with Gasteiger partial charge in [-0.05, 0) is 6.08 Å². The smallest absolute Gasteiger partial charge is 1.00 e. The van der Waals surface area contributed by atoms with Gasteiger partial charge in [-0.2, -0.15) is 8.42 Å². The number of aliphatic hydroxyl groups excluding tert-OH is 1. The summed E-state index contributed by atoms with van der Waals surface area (Å²) in [6.07, 6.45) is 0.926. The fourth-order valence-corrected chi connectivity index (χ4v) is 0.494. The second-order valence-corrected chi connectivity index (χ2v) is 2.37. The van der Waals surface area contributed by atoms with Gasteiger partial charge in [-0.3, -0.25) is 4.55 Å². The van der Waals surface area contributed by atoms with Gasteiger partial charge in [0.2, 0.25) is 0 Å². The maximum absolute atomic E-state index is 9.75. The van der Waals surface area contributed by atoms with E-state index in [0.717, 1.165) is 6.08 Å². The molecule has 0 aliphatic rings. The molecule has 4 nitrogen and oxygen atoms in total. The molecule has 0 saturated carbocycles. The van der Waals surface area contributed by atoms with E-state index in [4.69, 9.17) is 9.66 Å². The minimum absolute atomic E-state index is 0. The second-order valence-electron chi connectivity index (χ2n) is 1.07. The van der Waals surface area contributed by atoms with E-state index >= 15 is 0 Å². The van der Waals surface area contributed by atoms with Crippen molar-refractivity contribution in [1.82, 2.24) is 0 Å². The summed E-state index contributed by atoms with van der Waals surface area (Å²) in [6.45, 7) is -0.389. The van der Waals surface area contributed by atoms with Crippen LogP contribution >= 0.6 is 0 Å². The van der Waals surface area contributed by atoms with Crippen LogP contribution in [-0.2, 0) is 10.1 Å². The molecule has 0 radical (unpaired) electrons. The van der Waals surface area contributed by atoms with E-state index in [1.54, 1.807) is 0 Å². The van der Waals surface area contributed by atoms with Gasteiger partial charge in [-0.15, -0.1) is 0 Å². The monoisotopic (exact) mass is 178 g/mol. The van der Waals surface area contributed by atoms with Crippen molar-refractivity contribution < 1.29 is 70.9 Å². The maximum Gasteiger partial charge on any atom is 1.00 e. The van der Waals surface area contributed by atoms with Gasteiger partial charge in [0.1, 0.15) is 0 Å². The van der Waals surface area contributed by atoms with Gasteiger partial charge in [-0.1, -0.05) is 0 Å². The second kappa shape index (κ2) is 5.99. The van der Waals surface area contributed by atoms with Gasteiger partial charge in [0, 0.05) is 0 Å². The third kappa shape index (κ3) is 12.4. The summed E-state index contributed by atoms with van der Waals surface area (Å²) in [5.41, 5.74) is 0. The van der Waals surface area contributed by atoms with Crippen LogP contribution in [0.1, 0.15) is 1.43 Å². The summed E-state index contributed by atoms with van der Waals surface area (Å²) in [7, 11) is -4.03. The Kier molecular flexibility index (Phi) is 8.57. The van der Waals surface area contributed by atoms with Crippen molar-refractivity contribution in [2.24, 2.45) is 0 Å². The van der Waals surface area contributed by atoms with Crippen molar-refractivity contribution in [2.75, 3.05) is 6.61 Å². The summed E-state index contributed by atoms with van der Waals surface area (Å²) in [5.74, 6) is 0.